The Labute approximate surface area is 65.9 Å². The Balaban J connectivity index is 3.07. The third kappa shape index (κ3) is 1.54. The van der Waals surface area contributed by atoms with Crippen LogP contribution in [-0.4, -0.2) is 4.99 Å². The fourth-order valence-electron chi connectivity index (χ4n) is 0.723. The number of aryl methyl sites for hydroxylation is 1. The molecule has 0 fully saturated rings. The summed E-state index contributed by atoms with van der Waals surface area (Å²) in [7, 11) is 0. The second kappa shape index (κ2) is 2.80. The van der Waals surface area contributed by atoms with Crippen molar-refractivity contribution in [1.29, 1.82) is 0 Å². The van der Waals surface area contributed by atoms with E-state index < -0.39 is 0 Å². The third-order valence-electron chi connectivity index (χ3n) is 1.22. The number of hydrogen-bond acceptors (Lipinski definition) is 1. The van der Waals surface area contributed by atoms with Crippen molar-refractivity contribution < 1.29 is 0 Å². The van der Waals surface area contributed by atoms with Crippen LogP contribution in [0, 0.1) is 13.0 Å². The van der Waals surface area contributed by atoms with Crippen molar-refractivity contribution in [2.75, 3.05) is 0 Å². The van der Waals surface area contributed by atoms with E-state index in [0.29, 0.717) is 4.99 Å². The summed E-state index contributed by atoms with van der Waals surface area (Å²) in [6.45, 7) is 2.00. The van der Waals surface area contributed by atoms with E-state index >= 15 is 0 Å². The first kappa shape index (κ1) is 7.22. The highest BCUT2D eigenvalue weighted by molar-refractivity contribution is 7.80. The van der Waals surface area contributed by atoms with Gasteiger partial charge >= 0.3 is 0 Å². The summed E-state index contributed by atoms with van der Waals surface area (Å²) >= 11 is 4.77. The molecular formula is C8H8NS. The maximum Gasteiger partial charge on any atom is 0.104 e. The molecule has 1 radical (unpaired) electrons. The van der Waals surface area contributed by atoms with Crippen molar-refractivity contribution in [3.05, 3.63) is 35.4 Å². The SMILES string of the molecule is Cc1cc[c]c(C(N)=S)c1. The van der Waals surface area contributed by atoms with Crippen molar-refractivity contribution in [2.24, 2.45) is 5.73 Å². The highest BCUT2D eigenvalue weighted by atomic mass is 32.1. The van der Waals surface area contributed by atoms with Crippen molar-refractivity contribution in [3.63, 3.8) is 0 Å². The van der Waals surface area contributed by atoms with Gasteiger partial charge in [-0.3, -0.25) is 0 Å². The third-order valence-corrected chi connectivity index (χ3v) is 1.44. The van der Waals surface area contributed by atoms with Gasteiger partial charge < -0.3 is 5.73 Å². The lowest BCUT2D eigenvalue weighted by molar-refractivity contribution is 1.45. The van der Waals surface area contributed by atoms with Gasteiger partial charge in [0.1, 0.15) is 4.99 Å². The van der Waals surface area contributed by atoms with Gasteiger partial charge in [0, 0.05) is 5.56 Å². The number of thiocarbonyl (C=S) groups is 1. The molecule has 0 saturated heterocycles. The number of benzene rings is 1. The van der Waals surface area contributed by atoms with Gasteiger partial charge in [-0.2, -0.15) is 0 Å². The lowest BCUT2D eigenvalue weighted by atomic mass is 10.1. The zero-order valence-electron chi connectivity index (χ0n) is 5.72. The first-order valence-electron chi connectivity index (χ1n) is 2.98. The van der Waals surface area contributed by atoms with Gasteiger partial charge in [0.2, 0.25) is 0 Å². The van der Waals surface area contributed by atoms with Gasteiger partial charge in [0.05, 0.1) is 0 Å². The molecule has 0 aliphatic heterocycles. The Morgan fingerprint density at radius 2 is 2.40 bits per heavy atom. The van der Waals surface area contributed by atoms with E-state index in [4.69, 9.17) is 18.0 Å². The Kier molecular flexibility index (Phi) is 2.02. The fraction of sp³-hybridized carbons (Fsp3) is 0.125. The molecule has 0 aliphatic carbocycles. The first-order valence-corrected chi connectivity index (χ1v) is 3.39. The Morgan fingerprint density at radius 3 is 2.80 bits per heavy atom. The molecule has 0 bridgehead atoms. The van der Waals surface area contributed by atoms with Crippen LogP contribution in [0.5, 0.6) is 0 Å². The predicted molar refractivity (Wildman–Crippen MR) is 45.9 cm³/mol. The topological polar surface area (TPSA) is 26.0 Å². The molecule has 51 valence electrons. The molecule has 0 unspecified atom stereocenters. The first-order chi connectivity index (χ1) is 4.70. The van der Waals surface area contributed by atoms with E-state index in [-0.39, 0.29) is 0 Å². The Bertz CT molecular complexity index is 255. The molecule has 1 rings (SSSR count). The summed E-state index contributed by atoms with van der Waals surface area (Å²) in [6.07, 6.45) is 0. The van der Waals surface area contributed by atoms with Crippen molar-refractivity contribution >= 4 is 17.2 Å². The van der Waals surface area contributed by atoms with Crippen LogP contribution in [0.25, 0.3) is 0 Å². The minimum Gasteiger partial charge on any atom is -0.389 e. The molecule has 0 aromatic heterocycles. The average molecular weight is 150 g/mol. The minimum absolute atomic E-state index is 0.406. The smallest absolute Gasteiger partial charge is 0.104 e. The zero-order valence-corrected chi connectivity index (χ0v) is 6.53. The summed E-state index contributed by atoms with van der Waals surface area (Å²) in [6, 6.07) is 8.64. The largest absolute Gasteiger partial charge is 0.389 e. The van der Waals surface area contributed by atoms with Crippen LogP contribution in [0.4, 0.5) is 0 Å². The average Bonchev–Trinajstić information content (AvgIpc) is 1.88. The molecule has 0 heterocycles. The quantitative estimate of drug-likeness (QED) is 0.613. The number of rotatable bonds is 1. The molecule has 0 atom stereocenters. The second-order valence-corrected chi connectivity index (χ2v) is 2.58. The van der Waals surface area contributed by atoms with Crippen LogP contribution in [-0.2, 0) is 0 Å². The lowest BCUT2D eigenvalue weighted by Crippen LogP contribution is -2.09. The Hall–Kier alpha value is -0.890. The van der Waals surface area contributed by atoms with Crippen LogP contribution in [0.15, 0.2) is 18.2 Å². The monoisotopic (exact) mass is 150 g/mol. The normalized spacial score (nSPS) is 9.30. The van der Waals surface area contributed by atoms with Crippen molar-refractivity contribution in [2.45, 2.75) is 6.92 Å². The molecule has 2 heteroatoms. The maximum atomic E-state index is 5.38. The van der Waals surface area contributed by atoms with Crippen molar-refractivity contribution in [3.8, 4) is 0 Å². The molecule has 1 aromatic rings. The number of hydrogen-bond donors (Lipinski definition) is 1. The molecule has 1 nitrogen and oxygen atoms in total. The molecule has 0 saturated carbocycles. The highest BCUT2D eigenvalue weighted by Gasteiger charge is 1.93. The van der Waals surface area contributed by atoms with E-state index in [1.54, 1.807) is 0 Å². The van der Waals surface area contributed by atoms with Crippen LogP contribution in [0.2, 0.25) is 0 Å². The second-order valence-electron chi connectivity index (χ2n) is 2.14. The molecule has 0 aliphatic rings. The van der Waals surface area contributed by atoms with Crippen LogP contribution < -0.4 is 5.73 Å². The summed E-state index contributed by atoms with van der Waals surface area (Å²) in [5, 5.41) is 0. The molecule has 1 aromatic carbocycles. The fourth-order valence-corrected chi connectivity index (χ4v) is 0.840. The lowest BCUT2D eigenvalue weighted by Gasteiger charge is -1.96. The number of nitrogens with two attached hydrogens (primary N) is 1. The predicted octanol–water partition coefficient (Wildman–Crippen LogP) is 1.43. The molecule has 2 N–H and O–H groups in total. The van der Waals surface area contributed by atoms with Gasteiger partial charge in [0.15, 0.2) is 0 Å². The van der Waals surface area contributed by atoms with Gasteiger partial charge in [-0.25, -0.2) is 0 Å². The van der Waals surface area contributed by atoms with Crippen molar-refractivity contribution in [1.82, 2.24) is 0 Å². The van der Waals surface area contributed by atoms with Gasteiger partial charge in [-0.05, 0) is 19.1 Å². The molecule has 0 spiro atoms. The van der Waals surface area contributed by atoms with E-state index in [9.17, 15) is 0 Å². The van der Waals surface area contributed by atoms with Gasteiger partial charge in [0.25, 0.3) is 0 Å². The highest BCUT2D eigenvalue weighted by Crippen LogP contribution is 2.01. The summed E-state index contributed by atoms with van der Waals surface area (Å²) in [5.74, 6) is 0. The summed E-state index contributed by atoms with van der Waals surface area (Å²) < 4.78 is 0. The molecule has 10 heavy (non-hydrogen) atoms. The summed E-state index contributed by atoms with van der Waals surface area (Å²) in [5.41, 5.74) is 7.35. The standard InChI is InChI=1S/C8H8NS/c1-6-3-2-4-7(5-6)8(9)10/h2-3,5H,1H3,(H2,9,10). The minimum atomic E-state index is 0.406. The van der Waals surface area contributed by atoms with E-state index in [2.05, 4.69) is 6.07 Å². The van der Waals surface area contributed by atoms with Crippen LogP contribution in [0.1, 0.15) is 11.1 Å². The van der Waals surface area contributed by atoms with Crippen LogP contribution >= 0.6 is 12.2 Å². The van der Waals surface area contributed by atoms with Crippen LogP contribution in [0.3, 0.4) is 0 Å². The van der Waals surface area contributed by atoms with E-state index in [1.165, 1.54) is 0 Å². The summed E-state index contributed by atoms with van der Waals surface area (Å²) in [4.78, 5) is 0.406. The molecule has 0 amide bonds. The Morgan fingerprint density at radius 1 is 1.70 bits per heavy atom. The zero-order chi connectivity index (χ0) is 7.56. The van der Waals surface area contributed by atoms with Gasteiger partial charge in [-0.1, -0.05) is 29.9 Å². The maximum absolute atomic E-state index is 5.38. The van der Waals surface area contributed by atoms with E-state index in [1.807, 2.05) is 25.1 Å². The van der Waals surface area contributed by atoms with E-state index in [0.717, 1.165) is 11.1 Å². The van der Waals surface area contributed by atoms with Gasteiger partial charge in [-0.15, -0.1) is 0 Å². The molecular weight excluding hydrogens is 142 g/mol.